The summed E-state index contributed by atoms with van der Waals surface area (Å²) in [5.41, 5.74) is 0.371. The van der Waals surface area contributed by atoms with Crippen LogP contribution in [-0.2, 0) is 28.1 Å². The van der Waals surface area contributed by atoms with Gasteiger partial charge in [0.25, 0.3) is 0 Å². The third kappa shape index (κ3) is 6.27. The second-order valence-corrected chi connectivity index (χ2v) is 8.79. The van der Waals surface area contributed by atoms with Crippen molar-refractivity contribution in [2.45, 2.75) is 77.3 Å². The fourth-order valence-corrected chi connectivity index (χ4v) is 4.57. The Labute approximate surface area is 201 Å². The van der Waals surface area contributed by atoms with E-state index in [4.69, 9.17) is 14.0 Å². The third-order valence-corrected chi connectivity index (χ3v) is 6.38. The Bertz CT molecular complexity index is 966. The van der Waals surface area contributed by atoms with Crippen LogP contribution in [0.4, 0.5) is 0 Å². The molecule has 1 fully saturated rings. The van der Waals surface area contributed by atoms with Crippen molar-refractivity contribution in [1.82, 2.24) is 20.4 Å². The first-order valence-electron chi connectivity index (χ1n) is 12.0. The summed E-state index contributed by atoms with van der Waals surface area (Å²) in [5.74, 6) is 2.12. The number of hydrogen-bond donors (Lipinski definition) is 1. The Morgan fingerprint density at radius 3 is 2.44 bits per heavy atom. The lowest BCUT2D eigenvalue weighted by Gasteiger charge is -2.30. The highest BCUT2D eigenvalue weighted by molar-refractivity contribution is 5.76. The van der Waals surface area contributed by atoms with Crippen molar-refractivity contribution in [2.24, 2.45) is 0 Å². The molecule has 1 saturated carbocycles. The predicted molar refractivity (Wildman–Crippen MR) is 126 cm³/mol. The number of benzene rings is 1. The summed E-state index contributed by atoms with van der Waals surface area (Å²) in [7, 11) is 3.18. The molecule has 1 heterocycles. The van der Waals surface area contributed by atoms with Crippen molar-refractivity contribution < 1.29 is 23.6 Å². The molecule has 0 aliphatic heterocycles. The lowest BCUT2D eigenvalue weighted by molar-refractivity contribution is -0.131. The Morgan fingerprint density at radius 1 is 1.12 bits per heavy atom. The lowest BCUT2D eigenvalue weighted by Crippen LogP contribution is -2.45. The molecule has 1 aliphatic carbocycles. The molecule has 0 spiro atoms. The smallest absolute Gasteiger partial charge is 0.227 e. The van der Waals surface area contributed by atoms with E-state index in [-0.39, 0.29) is 18.2 Å². The molecule has 3 rings (SSSR count). The van der Waals surface area contributed by atoms with Crippen molar-refractivity contribution in [3.05, 3.63) is 35.5 Å². The highest BCUT2D eigenvalue weighted by Gasteiger charge is 2.38. The van der Waals surface area contributed by atoms with Gasteiger partial charge in [-0.05, 0) is 37.5 Å². The van der Waals surface area contributed by atoms with Crippen LogP contribution in [0.3, 0.4) is 0 Å². The molecular weight excluding hydrogens is 436 g/mol. The van der Waals surface area contributed by atoms with Crippen LogP contribution in [0.15, 0.2) is 22.7 Å². The number of aromatic nitrogens is 2. The first-order valence-corrected chi connectivity index (χ1v) is 12.0. The van der Waals surface area contributed by atoms with E-state index in [0.29, 0.717) is 42.7 Å². The SMILES string of the molecule is CCN(Cc1ccc(OC)c(OC)c1)C(=O)CCc1nc(C2(NC(C)=O)CCCCCC2)no1. The minimum atomic E-state index is -0.586. The van der Waals surface area contributed by atoms with Gasteiger partial charge >= 0.3 is 0 Å². The Balaban J connectivity index is 1.64. The number of amides is 2. The van der Waals surface area contributed by atoms with Crippen molar-refractivity contribution in [3.63, 3.8) is 0 Å². The zero-order valence-electron chi connectivity index (χ0n) is 20.7. The van der Waals surface area contributed by atoms with Crippen LogP contribution < -0.4 is 14.8 Å². The highest BCUT2D eigenvalue weighted by atomic mass is 16.5. The molecule has 2 aromatic rings. The first kappa shape index (κ1) is 25.5. The van der Waals surface area contributed by atoms with E-state index in [1.807, 2.05) is 25.1 Å². The summed E-state index contributed by atoms with van der Waals surface area (Å²) < 4.78 is 16.1. The van der Waals surface area contributed by atoms with Gasteiger partial charge in [0.05, 0.1) is 14.2 Å². The summed E-state index contributed by atoms with van der Waals surface area (Å²) in [6, 6.07) is 5.65. The van der Waals surface area contributed by atoms with Gasteiger partial charge in [0.2, 0.25) is 17.7 Å². The van der Waals surface area contributed by atoms with Crippen molar-refractivity contribution in [3.8, 4) is 11.5 Å². The molecule has 9 heteroatoms. The zero-order valence-corrected chi connectivity index (χ0v) is 20.7. The predicted octanol–water partition coefficient (Wildman–Crippen LogP) is 3.75. The maximum Gasteiger partial charge on any atom is 0.227 e. The van der Waals surface area contributed by atoms with Gasteiger partial charge in [-0.25, -0.2) is 0 Å². The number of nitrogens with zero attached hydrogens (tertiary/aromatic N) is 3. The molecule has 9 nitrogen and oxygen atoms in total. The molecular formula is C25H36N4O5. The number of carbonyl (C=O) groups is 2. The molecule has 186 valence electrons. The van der Waals surface area contributed by atoms with E-state index >= 15 is 0 Å². The second kappa shape index (κ2) is 11.9. The van der Waals surface area contributed by atoms with E-state index in [2.05, 4.69) is 15.5 Å². The Morgan fingerprint density at radius 2 is 1.82 bits per heavy atom. The van der Waals surface area contributed by atoms with Crippen LogP contribution in [0.2, 0.25) is 0 Å². The fraction of sp³-hybridized carbons (Fsp3) is 0.600. The van der Waals surface area contributed by atoms with Crippen LogP contribution in [0.1, 0.15) is 76.1 Å². The van der Waals surface area contributed by atoms with Gasteiger partial charge in [0.1, 0.15) is 5.54 Å². The molecule has 0 bridgehead atoms. The fourth-order valence-electron chi connectivity index (χ4n) is 4.57. The molecule has 0 radical (unpaired) electrons. The van der Waals surface area contributed by atoms with Crippen LogP contribution >= 0.6 is 0 Å². The van der Waals surface area contributed by atoms with Gasteiger partial charge in [-0.1, -0.05) is 36.9 Å². The summed E-state index contributed by atoms with van der Waals surface area (Å²) in [5, 5.41) is 7.28. The zero-order chi connectivity index (χ0) is 24.6. The quantitative estimate of drug-likeness (QED) is 0.525. The van der Waals surface area contributed by atoms with E-state index in [1.165, 1.54) is 6.92 Å². The standard InChI is InChI=1S/C25H36N4O5/c1-5-29(17-19-10-11-20(32-3)21(16-19)33-4)23(31)13-12-22-26-24(28-34-22)25(27-18(2)30)14-8-6-7-9-15-25/h10-11,16H,5-9,12-15,17H2,1-4H3,(H,27,30). The number of aryl methyl sites for hydroxylation is 1. The van der Waals surface area contributed by atoms with E-state index in [9.17, 15) is 9.59 Å². The summed E-state index contributed by atoms with van der Waals surface area (Å²) in [4.78, 5) is 31.2. The Kier molecular flexibility index (Phi) is 8.90. The molecule has 0 saturated heterocycles. The molecule has 34 heavy (non-hydrogen) atoms. The molecule has 0 unspecified atom stereocenters. The Hall–Kier alpha value is -3.10. The number of methoxy groups -OCH3 is 2. The maximum absolute atomic E-state index is 12.9. The van der Waals surface area contributed by atoms with E-state index in [1.54, 1.807) is 19.1 Å². The van der Waals surface area contributed by atoms with Gasteiger partial charge in [0.15, 0.2) is 17.3 Å². The van der Waals surface area contributed by atoms with Gasteiger partial charge in [-0.15, -0.1) is 0 Å². The lowest BCUT2D eigenvalue weighted by atomic mass is 9.89. The number of nitrogens with one attached hydrogen (secondary N) is 1. The van der Waals surface area contributed by atoms with Gasteiger partial charge < -0.3 is 24.2 Å². The highest BCUT2D eigenvalue weighted by Crippen LogP contribution is 2.34. The molecule has 1 aliphatic rings. The number of carbonyl (C=O) groups excluding carboxylic acids is 2. The summed E-state index contributed by atoms with van der Waals surface area (Å²) in [6.45, 7) is 4.51. The van der Waals surface area contributed by atoms with Crippen LogP contribution in [-0.4, -0.2) is 47.6 Å². The van der Waals surface area contributed by atoms with Crippen molar-refractivity contribution >= 4 is 11.8 Å². The van der Waals surface area contributed by atoms with Crippen molar-refractivity contribution in [2.75, 3.05) is 20.8 Å². The normalized spacial score (nSPS) is 15.3. The minimum absolute atomic E-state index is 0.00285. The topological polar surface area (TPSA) is 107 Å². The minimum Gasteiger partial charge on any atom is -0.493 e. The summed E-state index contributed by atoms with van der Waals surface area (Å²) in [6.07, 6.45) is 6.47. The molecule has 1 N–H and O–H groups in total. The number of ether oxygens (including phenoxy) is 2. The van der Waals surface area contributed by atoms with Crippen LogP contribution in [0, 0.1) is 0 Å². The molecule has 2 amide bonds. The van der Waals surface area contributed by atoms with E-state index in [0.717, 1.165) is 44.1 Å². The molecule has 0 atom stereocenters. The largest absolute Gasteiger partial charge is 0.493 e. The van der Waals surface area contributed by atoms with Crippen LogP contribution in [0.5, 0.6) is 11.5 Å². The second-order valence-electron chi connectivity index (χ2n) is 8.79. The maximum atomic E-state index is 12.9. The average molecular weight is 473 g/mol. The third-order valence-electron chi connectivity index (χ3n) is 6.38. The van der Waals surface area contributed by atoms with Crippen molar-refractivity contribution in [1.29, 1.82) is 0 Å². The van der Waals surface area contributed by atoms with Crippen LogP contribution in [0.25, 0.3) is 0 Å². The van der Waals surface area contributed by atoms with Gasteiger partial charge in [0, 0.05) is 32.9 Å². The summed E-state index contributed by atoms with van der Waals surface area (Å²) >= 11 is 0. The number of hydrogen-bond acceptors (Lipinski definition) is 7. The van der Waals surface area contributed by atoms with Gasteiger partial charge in [-0.3, -0.25) is 9.59 Å². The molecule has 1 aromatic heterocycles. The van der Waals surface area contributed by atoms with E-state index < -0.39 is 5.54 Å². The molecule has 1 aromatic carbocycles. The first-order chi connectivity index (χ1) is 16.4. The monoisotopic (exact) mass is 472 g/mol. The number of rotatable bonds is 10. The van der Waals surface area contributed by atoms with Gasteiger partial charge in [-0.2, -0.15) is 4.98 Å². The average Bonchev–Trinajstić information content (AvgIpc) is 3.20.